The van der Waals surface area contributed by atoms with Gasteiger partial charge in [-0.05, 0) is 68.7 Å². The lowest BCUT2D eigenvalue weighted by atomic mass is 9.74. The van der Waals surface area contributed by atoms with E-state index in [9.17, 15) is 4.79 Å². The van der Waals surface area contributed by atoms with Gasteiger partial charge in [0.15, 0.2) is 11.5 Å². The molecule has 1 spiro atoms. The zero-order valence-corrected chi connectivity index (χ0v) is 20.6. The average Bonchev–Trinajstić information content (AvgIpc) is 3.21. The SMILES string of the molecule is COc1cc2c(cc1OCc1ccccc1)N(C(=O)CCc1ccccn1)CC21CCN(C)CC1. The molecule has 1 amide bonds. The molecule has 2 aromatic carbocycles. The summed E-state index contributed by atoms with van der Waals surface area (Å²) in [6, 6.07) is 20.1. The van der Waals surface area contributed by atoms with Crippen LogP contribution in [0.3, 0.4) is 0 Å². The summed E-state index contributed by atoms with van der Waals surface area (Å²) in [5.41, 5.74) is 4.15. The van der Waals surface area contributed by atoms with Gasteiger partial charge in [-0.2, -0.15) is 0 Å². The van der Waals surface area contributed by atoms with Crippen LogP contribution in [0.5, 0.6) is 11.5 Å². The van der Waals surface area contributed by atoms with Crippen molar-refractivity contribution >= 4 is 11.6 Å². The minimum Gasteiger partial charge on any atom is -0.493 e. The van der Waals surface area contributed by atoms with E-state index in [0.717, 1.165) is 48.6 Å². The highest BCUT2D eigenvalue weighted by molar-refractivity contribution is 5.97. The van der Waals surface area contributed by atoms with E-state index in [-0.39, 0.29) is 11.3 Å². The molecule has 3 heterocycles. The molecule has 1 fully saturated rings. The molecule has 0 unspecified atom stereocenters. The first kappa shape index (κ1) is 23.4. The van der Waals surface area contributed by atoms with Crippen molar-refractivity contribution in [2.75, 3.05) is 38.7 Å². The summed E-state index contributed by atoms with van der Waals surface area (Å²) in [5.74, 6) is 1.52. The maximum atomic E-state index is 13.5. The van der Waals surface area contributed by atoms with E-state index >= 15 is 0 Å². The van der Waals surface area contributed by atoms with Crippen LogP contribution >= 0.6 is 0 Å². The van der Waals surface area contributed by atoms with Gasteiger partial charge in [0.05, 0.1) is 12.8 Å². The predicted octanol–water partition coefficient (Wildman–Crippen LogP) is 4.61. The normalized spacial score (nSPS) is 16.8. The topological polar surface area (TPSA) is 54.9 Å². The fourth-order valence-electron chi connectivity index (χ4n) is 5.29. The first-order chi connectivity index (χ1) is 17.1. The highest BCUT2D eigenvalue weighted by Crippen LogP contribution is 2.51. The van der Waals surface area contributed by atoms with Crippen molar-refractivity contribution in [1.82, 2.24) is 9.88 Å². The van der Waals surface area contributed by atoms with Crippen LogP contribution in [0.25, 0.3) is 0 Å². The Bertz CT molecular complexity index is 1160. The maximum Gasteiger partial charge on any atom is 0.227 e. The summed E-state index contributed by atoms with van der Waals surface area (Å²) in [7, 11) is 3.85. The number of likely N-dealkylation sites (tertiary alicyclic amines) is 1. The molecule has 0 aliphatic carbocycles. The van der Waals surface area contributed by atoms with Crippen molar-refractivity contribution < 1.29 is 14.3 Å². The average molecular weight is 472 g/mol. The van der Waals surface area contributed by atoms with E-state index in [2.05, 4.69) is 23.0 Å². The lowest BCUT2D eigenvalue weighted by Gasteiger charge is -2.38. The van der Waals surface area contributed by atoms with Crippen LogP contribution in [-0.2, 0) is 23.2 Å². The molecule has 35 heavy (non-hydrogen) atoms. The number of carbonyl (C=O) groups is 1. The molecule has 6 nitrogen and oxygen atoms in total. The van der Waals surface area contributed by atoms with E-state index in [0.29, 0.717) is 31.7 Å². The fraction of sp³-hybridized carbons (Fsp3) is 0.379. The molecule has 2 aliphatic rings. The second-order valence-electron chi connectivity index (χ2n) is 9.68. The van der Waals surface area contributed by atoms with Gasteiger partial charge in [0.1, 0.15) is 6.61 Å². The van der Waals surface area contributed by atoms with Crippen LogP contribution < -0.4 is 14.4 Å². The number of pyridine rings is 1. The molecule has 0 bridgehead atoms. The van der Waals surface area contributed by atoms with Crippen LogP contribution in [0.15, 0.2) is 66.9 Å². The van der Waals surface area contributed by atoms with Gasteiger partial charge in [0.2, 0.25) is 5.91 Å². The largest absolute Gasteiger partial charge is 0.493 e. The monoisotopic (exact) mass is 471 g/mol. The minimum absolute atomic E-state index is 0.0479. The van der Waals surface area contributed by atoms with Crippen molar-refractivity contribution in [2.24, 2.45) is 0 Å². The summed E-state index contributed by atoms with van der Waals surface area (Å²) < 4.78 is 12.0. The quantitative estimate of drug-likeness (QED) is 0.504. The van der Waals surface area contributed by atoms with E-state index < -0.39 is 0 Å². The zero-order valence-electron chi connectivity index (χ0n) is 20.6. The molecular weight excluding hydrogens is 438 g/mol. The second-order valence-corrected chi connectivity index (χ2v) is 9.68. The summed E-state index contributed by atoms with van der Waals surface area (Å²) in [6.07, 6.45) is 4.89. The molecule has 2 aliphatic heterocycles. The maximum absolute atomic E-state index is 13.5. The van der Waals surface area contributed by atoms with Crippen molar-refractivity contribution in [1.29, 1.82) is 0 Å². The zero-order chi connectivity index (χ0) is 24.3. The molecule has 0 atom stereocenters. The molecule has 5 rings (SSSR count). The van der Waals surface area contributed by atoms with E-state index in [1.165, 1.54) is 5.56 Å². The lowest BCUT2D eigenvalue weighted by molar-refractivity contribution is -0.118. The van der Waals surface area contributed by atoms with Crippen LogP contribution in [0.2, 0.25) is 0 Å². The molecule has 6 heteroatoms. The highest BCUT2D eigenvalue weighted by atomic mass is 16.5. The summed E-state index contributed by atoms with van der Waals surface area (Å²) >= 11 is 0. The summed E-state index contributed by atoms with van der Waals surface area (Å²) in [4.78, 5) is 22.3. The van der Waals surface area contributed by atoms with Gasteiger partial charge in [0, 0.05) is 36.3 Å². The third kappa shape index (κ3) is 4.89. The first-order valence-electron chi connectivity index (χ1n) is 12.4. The van der Waals surface area contributed by atoms with Crippen molar-refractivity contribution in [3.05, 3.63) is 83.7 Å². The predicted molar refractivity (Wildman–Crippen MR) is 137 cm³/mol. The Balaban J connectivity index is 1.45. The van der Waals surface area contributed by atoms with Gasteiger partial charge < -0.3 is 19.3 Å². The number of fused-ring (bicyclic) bond motifs is 2. The molecule has 0 N–H and O–H groups in total. The third-order valence-corrected chi connectivity index (χ3v) is 7.41. The number of amides is 1. The Morgan fingerprint density at radius 3 is 2.51 bits per heavy atom. The number of carbonyl (C=O) groups excluding carboxylic acids is 1. The first-order valence-corrected chi connectivity index (χ1v) is 12.4. The van der Waals surface area contributed by atoms with Crippen molar-refractivity contribution in [2.45, 2.75) is 37.7 Å². The third-order valence-electron chi connectivity index (χ3n) is 7.41. The Morgan fingerprint density at radius 1 is 1.03 bits per heavy atom. The molecular formula is C29H33N3O3. The molecule has 1 aromatic heterocycles. The Labute approximate surface area is 207 Å². The van der Waals surface area contributed by atoms with Crippen LogP contribution in [0.1, 0.15) is 36.1 Å². The van der Waals surface area contributed by atoms with Gasteiger partial charge in [-0.1, -0.05) is 36.4 Å². The van der Waals surface area contributed by atoms with Crippen molar-refractivity contribution in [3.63, 3.8) is 0 Å². The van der Waals surface area contributed by atoms with E-state index in [1.54, 1.807) is 13.3 Å². The fourth-order valence-corrected chi connectivity index (χ4v) is 5.29. The number of hydrogen-bond donors (Lipinski definition) is 0. The lowest BCUT2D eigenvalue weighted by Crippen LogP contribution is -2.44. The number of nitrogens with zero attached hydrogens (tertiary/aromatic N) is 3. The van der Waals surface area contributed by atoms with Gasteiger partial charge in [-0.15, -0.1) is 0 Å². The highest BCUT2D eigenvalue weighted by Gasteiger charge is 2.46. The van der Waals surface area contributed by atoms with E-state index in [1.807, 2.05) is 59.5 Å². The van der Waals surface area contributed by atoms with Gasteiger partial charge in [-0.25, -0.2) is 0 Å². The van der Waals surface area contributed by atoms with Crippen molar-refractivity contribution in [3.8, 4) is 11.5 Å². The van der Waals surface area contributed by atoms with Gasteiger partial charge in [-0.3, -0.25) is 9.78 Å². The number of aromatic nitrogens is 1. The van der Waals surface area contributed by atoms with Gasteiger partial charge in [0.25, 0.3) is 0 Å². The Morgan fingerprint density at radius 2 is 1.80 bits per heavy atom. The smallest absolute Gasteiger partial charge is 0.227 e. The summed E-state index contributed by atoms with van der Waals surface area (Å²) in [5, 5.41) is 0. The van der Waals surface area contributed by atoms with Crippen LogP contribution in [-0.4, -0.2) is 49.6 Å². The number of benzene rings is 2. The number of ether oxygens (including phenoxy) is 2. The molecule has 3 aromatic rings. The second kappa shape index (κ2) is 10.1. The molecule has 0 radical (unpaired) electrons. The Hall–Kier alpha value is -3.38. The molecule has 0 saturated carbocycles. The van der Waals surface area contributed by atoms with Crippen LogP contribution in [0, 0.1) is 0 Å². The molecule has 1 saturated heterocycles. The number of hydrogen-bond acceptors (Lipinski definition) is 5. The van der Waals surface area contributed by atoms with Gasteiger partial charge >= 0.3 is 0 Å². The number of piperidine rings is 1. The number of rotatable bonds is 7. The standard InChI is InChI=1S/C29H33N3O3/c1-31-16-13-29(14-17-31)21-32(28(33)12-11-23-10-6-7-15-30-23)25-19-27(26(34-2)18-24(25)29)35-20-22-8-4-3-5-9-22/h3-10,15,18-19H,11-14,16-17,20-21H2,1-2H3. The van der Waals surface area contributed by atoms with Crippen LogP contribution in [0.4, 0.5) is 5.69 Å². The molecule has 182 valence electrons. The summed E-state index contributed by atoms with van der Waals surface area (Å²) in [6.45, 7) is 3.19. The van der Waals surface area contributed by atoms with E-state index in [4.69, 9.17) is 9.47 Å². The number of anilines is 1. The minimum atomic E-state index is -0.0479. The number of methoxy groups -OCH3 is 1. The Kier molecular flexibility index (Phi) is 6.73. The number of aryl methyl sites for hydroxylation is 1.